The zero-order valence-electron chi connectivity index (χ0n) is 12.6. The Morgan fingerprint density at radius 2 is 2.35 bits per heavy atom. The van der Waals surface area contributed by atoms with Crippen LogP contribution in [-0.4, -0.2) is 34.2 Å². The number of H-pyrrole nitrogens is 1. The minimum atomic E-state index is -0.410. The average Bonchev–Trinajstić information content (AvgIpc) is 3.08. The van der Waals surface area contributed by atoms with Crippen molar-refractivity contribution in [2.75, 3.05) is 13.1 Å². The highest BCUT2D eigenvalue weighted by molar-refractivity contribution is 6.30. The van der Waals surface area contributed by atoms with Crippen molar-refractivity contribution in [3.8, 4) is 0 Å². The van der Waals surface area contributed by atoms with Crippen molar-refractivity contribution in [2.45, 2.75) is 25.3 Å². The molecule has 1 aliphatic rings. The largest absolute Gasteiger partial charge is 0.334 e. The highest BCUT2D eigenvalue weighted by Gasteiger charge is 2.25. The van der Waals surface area contributed by atoms with Gasteiger partial charge in [-0.05, 0) is 31.0 Å². The molecule has 1 atom stereocenters. The molecule has 0 saturated carbocycles. The van der Waals surface area contributed by atoms with Gasteiger partial charge in [-0.1, -0.05) is 17.7 Å². The maximum absolute atomic E-state index is 13.7. The van der Waals surface area contributed by atoms with E-state index in [-0.39, 0.29) is 18.5 Å². The van der Waals surface area contributed by atoms with Crippen LogP contribution in [0.3, 0.4) is 0 Å². The molecule has 23 heavy (non-hydrogen) atoms. The van der Waals surface area contributed by atoms with Crippen LogP contribution in [-0.2, 0) is 6.54 Å². The number of benzene rings is 1. The number of carbonyl (C=O) groups excluding carboxylic acids is 1. The van der Waals surface area contributed by atoms with Gasteiger partial charge in [0.25, 0.3) is 0 Å². The number of aromatic nitrogens is 2. The van der Waals surface area contributed by atoms with E-state index in [9.17, 15) is 9.18 Å². The van der Waals surface area contributed by atoms with Gasteiger partial charge in [0.15, 0.2) is 0 Å². The Morgan fingerprint density at radius 3 is 3.09 bits per heavy atom. The van der Waals surface area contributed by atoms with Gasteiger partial charge in [0, 0.05) is 48.0 Å². The van der Waals surface area contributed by atoms with Gasteiger partial charge < -0.3 is 10.2 Å². The maximum Gasteiger partial charge on any atom is 0.317 e. The number of halogens is 2. The molecule has 2 aromatic rings. The molecule has 2 N–H and O–H groups in total. The molecule has 0 bridgehead atoms. The summed E-state index contributed by atoms with van der Waals surface area (Å²) in [6.07, 6.45) is 3.68. The number of hydrogen-bond donors (Lipinski definition) is 2. The molecule has 1 saturated heterocycles. The second kappa shape index (κ2) is 7.00. The van der Waals surface area contributed by atoms with Gasteiger partial charge in [-0.2, -0.15) is 5.10 Å². The highest BCUT2D eigenvalue weighted by atomic mass is 35.5. The highest BCUT2D eigenvalue weighted by Crippen LogP contribution is 2.25. The SMILES string of the molecule is O=C(NCc1ccc(Cl)cc1F)N1CCCC(c2ccn[nH]2)C1. The van der Waals surface area contributed by atoms with E-state index in [1.165, 1.54) is 6.07 Å². The molecule has 2 heterocycles. The number of urea groups is 1. The summed E-state index contributed by atoms with van der Waals surface area (Å²) < 4.78 is 13.7. The van der Waals surface area contributed by atoms with Gasteiger partial charge in [-0.3, -0.25) is 5.10 Å². The first-order valence-corrected chi connectivity index (χ1v) is 7.97. The fourth-order valence-electron chi connectivity index (χ4n) is 2.86. The van der Waals surface area contributed by atoms with Crippen molar-refractivity contribution in [2.24, 2.45) is 0 Å². The molecule has 7 heteroatoms. The summed E-state index contributed by atoms with van der Waals surface area (Å²) in [6, 6.07) is 6.21. The number of carbonyl (C=O) groups is 1. The van der Waals surface area contributed by atoms with Crippen molar-refractivity contribution in [1.82, 2.24) is 20.4 Å². The summed E-state index contributed by atoms with van der Waals surface area (Å²) in [4.78, 5) is 14.1. The Morgan fingerprint density at radius 1 is 1.48 bits per heavy atom. The van der Waals surface area contributed by atoms with E-state index in [2.05, 4.69) is 15.5 Å². The van der Waals surface area contributed by atoms with E-state index >= 15 is 0 Å². The van der Waals surface area contributed by atoms with Crippen LogP contribution in [0.5, 0.6) is 0 Å². The second-order valence-electron chi connectivity index (χ2n) is 5.69. The monoisotopic (exact) mass is 336 g/mol. The lowest BCUT2D eigenvalue weighted by Gasteiger charge is -2.32. The minimum Gasteiger partial charge on any atom is -0.334 e. The van der Waals surface area contributed by atoms with Crippen molar-refractivity contribution in [3.63, 3.8) is 0 Å². The molecule has 0 aliphatic carbocycles. The molecule has 5 nitrogen and oxygen atoms in total. The molecule has 1 aromatic heterocycles. The van der Waals surface area contributed by atoms with Crippen LogP contribution in [0.4, 0.5) is 9.18 Å². The lowest BCUT2D eigenvalue weighted by molar-refractivity contribution is 0.178. The number of piperidine rings is 1. The van der Waals surface area contributed by atoms with Gasteiger partial charge >= 0.3 is 6.03 Å². The summed E-state index contributed by atoms with van der Waals surface area (Å²) in [7, 11) is 0. The Bertz CT molecular complexity index is 677. The summed E-state index contributed by atoms with van der Waals surface area (Å²) in [5, 5.41) is 10.0. The normalized spacial score (nSPS) is 18.0. The van der Waals surface area contributed by atoms with Crippen LogP contribution in [0.15, 0.2) is 30.5 Å². The fourth-order valence-corrected chi connectivity index (χ4v) is 3.02. The first-order chi connectivity index (χ1) is 11.1. The number of amides is 2. The first kappa shape index (κ1) is 15.8. The molecule has 1 aliphatic heterocycles. The average molecular weight is 337 g/mol. The van der Waals surface area contributed by atoms with E-state index in [0.717, 1.165) is 18.5 Å². The zero-order chi connectivity index (χ0) is 16.2. The van der Waals surface area contributed by atoms with Crippen LogP contribution in [0.1, 0.15) is 30.0 Å². The number of rotatable bonds is 3. The number of nitrogens with zero attached hydrogens (tertiary/aromatic N) is 2. The smallest absolute Gasteiger partial charge is 0.317 e. The van der Waals surface area contributed by atoms with Gasteiger partial charge in [0.1, 0.15) is 5.82 Å². The van der Waals surface area contributed by atoms with Crippen LogP contribution in [0.25, 0.3) is 0 Å². The Kier molecular flexibility index (Phi) is 4.81. The third-order valence-electron chi connectivity index (χ3n) is 4.12. The van der Waals surface area contributed by atoms with Crippen LogP contribution in [0, 0.1) is 5.82 Å². The third-order valence-corrected chi connectivity index (χ3v) is 4.35. The van der Waals surface area contributed by atoms with E-state index in [4.69, 9.17) is 11.6 Å². The summed E-state index contributed by atoms with van der Waals surface area (Å²) in [6.45, 7) is 1.49. The third kappa shape index (κ3) is 3.82. The van der Waals surface area contributed by atoms with Gasteiger partial charge in [-0.15, -0.1) is 0 Å². The number of likely N-dealkylation sites (tertiary alicyclic amines) is 1. The topological polar surface area (TPSA) is 61.0 Å². The van der Waals surface area contributed by atoms with Gasteiger partial charge in [-0.25, -0.2) is 9.18 Å². The number of nitrogens with one attached hydrogen (secondary N) is 2. The second-order valence-corrected chi connectivity index (χ2v) is 6.13. The summed E-state index contributed by atoms with van der Waals surface area (Å²) in [5.74, 6) is -0.143. The number of aromatic amines is 1. The quantitative estimate of drug-likeness (QED) is 0.903. The van der Waals surface area contributed by atoms with Crippen molar-refractivity contribution < 1.29 is 9.18 Å². The van der Waals surface area contributed by atoms with Crippen LogP contribution < -0.4 is 5.32 Å². The van der Waals surface area contributed by atoms with Gasteiger partial charge in [0.05, 0.1) is 0 Å². The Labute approximate surface area is 138 Å². The number of hydrogen-bond acceptors (Lipinski definition) is 2. The zero-order valence-corrected chi connectivity index (χ0v) is 13.3. The van der Waals surface area contributed by atoms with E-state index < -0.39 is 5.82 Å². The Balaban J connectivity index is 1.57. The predicted molar refractivity (Wildman–Crippen MR) is 85.8 cm³/mol. The van der Waals surface area contributed by atoms with E-state index in [1.54, 1.807) is 23.2 Å². The molecule has 1 aromatic carbocycles. The van der Waals surface area contributed by atoms with Crippen molar-refractivity contribution in [3.05, 3.63) is 52.6 Å². The molecule has 1 unspecified atom stereocenters. The van der Waals surface area contributed by atoms with Crippen LogP contribution in [0.2, 0.25) is 5.02 Å². The first-order valence-electron chi connectivity index (χ1n) is 7.59. The summed E-state index contributed by atoms with van der Waals surface area (Å²) >= 11 is 5.72. The fraction of sp³-hybridized carbons (Fsp3) is 0.375. The standard InChI is InChI=1S/C16H18ClFN4O/c17-13-4-3-11(14(18)8-13)9-19-16(23)22-7-1-2-12(10-22)15-5-6-20-21-15/h3-6,8,12H,1-2,7,9-10H2,(H,19,23)(H,20,21). The van der Waals surface area contributed by atoms with E-state index in [1.807, 2.05) is 6.07 Å². The summed E-state index contributed by atoms with van der Waals surface area (Å²) in [5.41, 5.74) is 1.47. The lowest BCUT2D eigenvalue weighted by Crippen LogP contribution is -2.44. The molecule has 0 spiro atoms. The van der Waals surface area contributed by atoms with Crippen molar-refractivity contribution >= 4 is 17.6 Å². The molecular weight excluding hydrogens is 319 g/mol. The molecule has 122 valence electrons. The van der Waals surface area contributed by atoms with E-state index in [0.29, 0.717) is 23.7 Å². The maximum atomic E-state index is 13.7. The Hall–Kier alpha value is -2.08. The molecular formula is C16H18ClFN4O. The molecule has 0 radical (unpaired) electrons. The molecule has 3 rings (SSSR count). The predicted octanol–water partition coefficient (Wildman–Crippen LogP) is 3.29. The lowest BCUT2D eigenvalue weighted by atomic mass is 9.95. The molecule has 1 fully saturated rings. The molecule has 2 amide bonds. The van der Waals surface area contributed by atoms with Crippen LogP contribution >= 0.6 is 11.6 Å². The van der Waals surface area contributed by atoms with Gasteiger partial charge in [0.2, 0.25) is 0 Å². The van der Waals surface area contributed by atoms with Crippen molar-refractivity contribution in [1.29, 1.82) is 0 Å². The minimum absolute atomic E-state index is 0.146.